The van der Waals surface area contributed by atoms with Crippen molar-refractivity contribution >= 4 is 39.8 Å². The first-order valence-corrected chi connectivity index (χ1v) is 8.27. The molecule has 1 aliphatic rings. The third-order valence-electron chi connectivity index (χ3n) is 3.59. The standard InChI is InChI=1S/C15H14ClN5OS/c16-11-1-3-12(4-2-11)20-5-7-21(8-6-20)15(22)19-14-18-10-13(9-17)23-14/h1-4,10H,5-8H2,(H,18,19,22). The summed E-state index contributed by atoms with van der Waals surface area (Å²) >= 11 is 7.07. The van der Waals surface area contributed by atoms with Crippen LogP contribution in [0.5, 0.6) is 0 Å². The van der Waals surface area contributed by atoms with Gasteiger partial charge in [-0.3, -0.25) is 5.32 Å². The van der Waals surface area contributed by atoms with Crippen LogP contribution in [0.4, 0.5) is 15.6 Å². The van der Waals surface area contributed by atoms with Crippen LogP contribution in [0.25, 0.3) is 0 Å². The summed E-state index contributed by atoms with van der Waals surface area (Å²) in [5.41, 5.74) is 1.10. The predicted octanol–water partition coefficient (Wildman–Crippen LogP) is 3.02. The largest absolute Gasteiger partial charge is 0.368 e. The number of amides is 2. The van der Waals surface area contributed by atoms with E-state index in [9.17, 15) is 4.79 Å². The number of piperazine rings is 1. The Morgan fingerprint density at radius 2 is 1.96 bits per heavy atom. The molecule has 1 N–H and O–H groups in total. The molecule has 0 atom stereocenters. The number of carbonyl (C=O) groups is 1. The normalized spacial score (nSPS) is 14.4. The first-order valence-electron chi connectivity index (χ1n) is 7.08. The Kier molecular flexibility index (Phi) is 4.65. The van der Waals surface area contributed by atoms with Crippen LogP contribution in [0.15, 0.2) is 30.5 Å². The monoisotopic (exact) mass is 347 g/mol. The van der Waals surface area contributed by atoms with Gasteiger partial charge in [-0.05, 0) is 24.3 Å². The first-order chi connectivity index (χ1) is 11.2. The molecule has 0 bridgehead atoms. The maximum absolute atomic E-state index is 12.2. The van der Waals surface area contributed by atoms with Crippen LogP contribution in [0, 0.1) is 11.3 Å². The molecule has 0 aliphatic carbocycles. The summed E-state index contributed by atoms with van der Waals surface area (Å²) in [5, 5.41) is 12.7. The van der Waals surface area contributed by atoms with Crippen molar-refractivity contribution in [3.8, 4) is 6.07 Å². The van der Waals surface area contributed by atoms with E-state index in [-0.39, 0.29) is 6.03 Å². The fourth-order valence-electron chi connectivity index (χ4n) is 2.37. The molecule has 0 radical (unpaired) electrons. The number of hydrogen-bond donors (Lipinski definition) is 1. The lowest BCUT2D eigenvalue weighted by Gasteiger charge is -2.35. The van der Waals surface area contributed by atoms with Crippen molar-refractivity contribution < 1.29 is 4.79 Å². The molecule has 23 heavy (non-hydrogen) atoms. The van der Waals surface area contributed by atoms with Crippen molar-refractivity contribution in [1.29, 1.82) is 5.26 Å². The smallest absolute Gasteiger partial charge is 0.323 e. The number of halogens is 1. The summed E-state index contributed by atoms with van der Waals surface area (Å²) in [6.07, 6.45) is 1.46. The van der Waals surface area contributed by atoms with Crippen molar-refractivity contribution in [2.24, 2.45) is 0 Å². The number of aromatic nitrogens is 1. The summed E-state index contributed by atoms with van der Waals surface area (Å²) < 4.78 is 0. The molecular weight excluding hydrogens is 334 g/mol. The van der Waals surface area contributed by atoms with Crippen molar-refractivity contribution in [3.05, 3.63) is 40.4 Å². The predicted molar refractivity (Wildman–Crippen MR) is 91.1 cm³/mol. The number of nitrogens with one attached hydrogen (secondary N) is 1. The second-order valence-electron chi connectivity index (χ2n) is 5.02. The number of benzene rings is 1. The topological polar surface area (TPSA) is 72.3 Å². The first kappa shape index (κ1) is 15.6. The fourth-order valence-corrected chi connectivity index (χ4v) is 3.10. The van der Waals surface area contributed by atoms with E-state index in [2.05, 4.69) is 15.2 Å². The second kappa shape index (κ2) is 6.86. The van der Waals surface area contributed by atoms with Gasteiger partial charge in [0.15, 0.2) is 5.13 Å². The van der Waals surface area contributed by atoms with E-state index in [1.165, 1.54) is 17.5 Å². The van der Waals surface area contributed by atoms with Crippen LogP contribution in [0.2, 0.25) is 5.02 Å². The van der Waals surface area contributed by atoms with Crippen molar-refractivity contribution in [2.75, 3.05) is 36.4 Å². The molecule has 2 aromatic rings. The van der Waals surface area contributed by atoms with Gasteiger partial charge in [0.1, 0.15) is 10.9 Å². The number of rotatable bonds is 2. The molecule has 8 heteroatoms. The van der Waals surface area contributed by atoms with E-state index < -0.39 is 0 Å². The molecule has 0 saturated carbocycles. The lowest BCUT2D eigenvalue weighted by atomic mass is 10.2. The third-order valence-corrected chi connectivity index (χ3v) is 4.66. The lowest BCUT2D eigenvalue weighted by molar-refractivity contribution is 0.208. The molecule has 2 amide bonds. The quantitative estimate of drug-likeness (QED) is 0.906. The number of nitriles is 1. The van der Waals surface area contributed by atoms with Crippen LogP contribution in [-0.2, 0) is 0 Å². The number of thiazole rings is 1. The van der Waals surface area contributed by atoms with Gasteiger partial charge in [-0.2, -0.15) is 5.26 Å². The Labute approximate surface area is 142 Å². The van der Waals surface area contributed by atoms with Crippen LogP contribution in [0.1, 0.15) is 4.88 Å². The number of urea groups is 1. The minimum atomic E-state index is -0.181. The van der Waals surface area contributed by atoms with Crippen molar-refractivity contribution in [2.45, 2.75) is 0 Å². The molecule has 0 unspecified atom stereocenters. The molecular formula is C15H14ClN5OS. The van der Waals surface area contributed by atoms with Crippen LogP contribution in [0.3, 0.4) is 0 Å². The average molecular weight is 348 g/mol. The molecule has 1 aromatic carbocycles. The Morgan fingerprint density at radius 3 is 2.57 bits per heavy atom. The van der Waals surface area contributed by atoms with Gasteiger partial charge in [-0.15, -0.1) is 0 Å². The van der Waals surface area contributed by atoms with Gasteiger partial charge < -0.3 is 9.80 Å². The molecule has 2 heterocycles. The van der Waals surface area contributed by atoms with Crippen LogP contribution >= 0.6 is 22.9 Å². The second-order valence-corrected chi connectivity index (χ2v) is 6.49. The summed E-state index contributed by atoms with van der Waals surface area (Å²) in [7, 11) is 0. The number of anilines is 2. The average Bonchev–Trinajstić information content (AvgIpc) is 3.03. The zero-order valence-electron chi connectivity index (χ0n) is 12.2. The highest BCUT2D eigenvalue weighted by atomic mass is 35.5. The molecule has 3 rings (SSSR count). The summed E-state index contributed by atoms with van der Waals surface area (Å²) in [4.78, 5) is 20.7. The molecule has 1 fully saturated rings. The summed E-state index contributed by atoms with van der Waals surface area (Å²) in [6, 6.07) is 9.52. The van der Waals surface area contributed by atoms with E-state index in [4.69, 9.17) is 16.9 Å². The van der Waals surface area contributed by atoms with Crippen molar-refractivity contribution in [3.63, 3.8) is 0 Å². The van der Waals surface area contributed by atoms with Crippen molar-refractivity contribution in [1.82, 2.24) is 9.88 Å². The number of hydrogen-bond acceptors (Lipinski definition) is 5. The number of carbonyl (C=O) groups excluding carboxylic acids is 1. The van der Waals surface area contributed by atoms with E-state index in [0.29, 0.717) is 28.1 Å². The molecule has 1 aliphatic heterocycles. The lowest BCUT2D eigenvalue weighted by Crippen LogP contribution is -2.50. The maximum atomic E-state index is 12.2. The van der Waals surface area contributed by atoms with Gasteiger partial charge in [0, 0.05) is 36.9 Å². The van der Waals surface area contributed by atoms with Crippen LogP contribution < -0.4 is 10.2 Å². The highest BCUT2D eigenvalue weighted by Gasteiger charge is 2.22. The molecule has 1 aromatic heterocycles. The van der Waals surface area contributed by atoms with Gasteiger partial charge in [0.25, 0.3) is 0 Å². The summed E-state index contributed by atoms with van der Waals surface area (Å²) in [6.45, 7) is 2.78. The highest BCUT2D eigenvalue weighted by Crippen LogP contribution is 2.20. The Hall–Kier alpha value is -2.30. The Balaban J connectivity index is 1.55. The molecule has 118 valence electrons. The van der Waals surface area contributed by atoms with Gasteiger partial charge in [0.2, 0.25) is 0 Å². The zero-order chi connectivity index (χ0) is 16.2. The van der Waals surface area contributed by atoms with Gasteiger partial charge in [0.05, 0.1) is 6.20 Å². The Morgan fingerprint density at radius 1 is 1.26 bits per heavy atom. The minimum absolute atomic E-state index is 0.181. The zero-order valence-corrected chi connectivity index (χ0v) is 13.8. The summed E-state index contributed by atoms with van der Waals surface area (Å²) in [5.74, 6) is 0. The van der Waals surface area contributed by atoms with E-state index in [0.717, 1.165) is 18.8 Å². The maximum Gasteiger partial charge on any atom is 0.323 e. The number of nitrogens with zero attached hydrogens (tertiary/aromatic N) is 4. The SMILES string of the molecule is N#Cc1cnc(NC(=O)N2CCN(c3ccc(Cl)cc3)CC2)s1. The highest BCUT2D eigenvalue weighted by molar-refractivity contribution is 7.16. The minimum Gasteiger partial charge on any atom is -0.368 e. The fraction of sp³-hybridized carbons (Fsp3) is 0.267. The Bertz CT molecular complexity index is 731. The van der Waals surface area contributed by atoms with E-state index in [1.54, 1.807) is 4.90 Å². The molecule has 1 saturated heterocycles. The van der Waals surface area contributed by atoms with E-state index in [1.807, 2.05) is 30.3 Å². The van der Waals surface area contributed by atoms with Gasteiger partial charge in [-0.25, -0.2) is 9.78 Å². The molecule has 6 nitrogen and oxygen atoms in total. The van der Waals surface area contributed by atoms with E-state index >= 15 is 0 Å². The third kappa shape index (κ3) is 3.73. The van der Waals surface area contributed by atoms with Crippen LogP contribution in [-0.4, -0.2) is 42.1 Å². The van der Waals surface area contributed by atoms with Gasteiger partial charge in [-0.1, -0.05) is 22.9 Å². The van der Waals surface area contributed by atoms with Gasteiger partial charge >= 0.3 is 6.03 Å². The molecule has 0 spiro atoms.